The molecule has 19 heavy (non-hydrogen) atoms. The largest absolute Gasteiger partial charge is 0.388 e. The van der Waals surface area contributed by atoms with Gasteiger partial charge in [-0.1, -0.05) is 54.6 Å². The summed E-state index contributed by atoms with van der Waals surface area (Å²) in [6, 6.07) is 18.9. The average Bonchev–Trinajstić information content (AvgIpc) is 2.87. The maximum absolute atomic E-state index is 10.4. The number of hydrogen-bond acceptors (Lipinski definition) is 2. The van der Waals surface area contributed by atoms with Crippen LogP contribution in [0.15, 0.2) is 54.6 Å². The van der Waals surface area contributed by atoms with Crippen molar-refractivity contribution < 1.29 is 5.11 Å². The highest BCUT2D eigenvalue weighted by Crippen LogP contribution is 2.23. The number of nitrogens with one attached hydrogen (secondary N) is 1. The molecule has 0 aliphatic carbocycles. The first kappa shape index (κ1) is 12.4. The fourth-order valence-electron chi connectivity index (χ4n) is 2.71. The van der Waals surface area contributed by atoms with Crippen LogP contribution in [0.25, 0.3) is 11.1 Å². The molecule has 0 amide bonds. The molecule has 1 atom stereocenters. The van der Waals surface area contributed by atoms with Crippen LogP contribution in [0.3, 0.4) is 0 Å². The molecule has 0 bridgehead atoms. The Hall–Kier alpha value is -1.64. The SMILES string of the molecule is OC1(Cc2ccc(-c3ccccc3)cc2)CCNC1. The first-order valence-electron chi connectivity index (χ1n) is 6.83. The predicted molar refractivity (Wildman–Crippen MR) is 78.0 cm³/mol. The van der Waals surface area contributed by atoms with Gasteiger partial charge in [0.25, 0.3) is 0 Å². The maximum atomic E-state index is 10.4. The summed E-state index contributed by atoms with van der Waals surface area (Å²) in [5.74, 6) is 0. The van der Waals surface area contributed by atoms with Crippen molar-refractivity contribution in [2.75, 3.05) is 13.1 Å². The van der Waals surface area contributed by atoms with E-state index in [1.807, 2.05) is 6.07 Å². The highest BCUT2D eigenvalue weighted by molar-refractivity contribution is 5.63. The second-order valence-corrected chi connectivity index (χ2v) is 5.39. The van der Waals surface area contributed by atoms with Gasteiger partial charge in [0.2, 0.25) is 0 Å². The Kier molecular flexibility index (Phi) is 3.36. The lowest BCUT2D eigenvalue weighted by Crippen LogP contribution is -2.33. The van der Waals surface area contributed by atoms with E-state index < -0.39 is 5.60 Å². The summed E-state index contributed by atoms with van der Waals surface area (Å²) in [7, 11) is 0. The van der Waals surface area contributed by atoms with Crippen molar-refractivity contribution in [2.45, 2.75) is 18.4 Å². The van der Waals surface area contributed by atoms with E-state index in [4.69, 9.17) is 0 Å². The molecule has 2 heteroatoms. The summed E-state index contributed by atoms with van der Waals surface area (Å²) in [6.45, 7) is 1.62. The molecule has 1 aliphatic rings. The van der Waals surface area contributed by atoms with Crippen molar-refractivity contribution in [3.63, 3.8) is 0 Å². The first-order valence-corrected chi connectivity index (χ1v) is 6.83. The zero-order chi connectivity index (χ0) is 13.1. The van der Waals surface area contributed by atoms with Crippen molar-refractivity contribution in [1.29, 1.82) is 0 Å². The van der Waals surface area contributed by atoms with Crippen molar-refractivity contribution in [3.8, 4) is 11.1 Å². The van der Waals surface area contributed by atoms with Gasteiger partial charge in [-0.15, -0.1) is 0 Å². The summed E-state index contributed by atoms with van der Waals surface area (Å²) in [6.07, 6.45) is 1.57. The third-order valence-electron chi connectivity index (χ3n) is 3.82. The van der Waals surface area contributed by atoms with Crippen LogP contribution in [-0.2, 0) is 6.42 Å². The van der Waals surface area contributed by atoms with Gasteiger partial charge in [0.05, 0.1) is 5.60 Å². The number of β-amino-alcohol motifs (C(OH)–C–C–N with tert-alkyl or cyclic N) is 1. The Bertz CT molecular complexity index is 527. The minimum atomic E-state index is -0.561. The van der Waals surface area contributed by atoms with Gasteiger partial charge in [-0.3, -0.25) is 0 Å². The molecular formula is C17H19NO. The van der Waals surface area contributed by atoms with Crippen molar-refractivity contribution in [2.24, 2.45) is 0 Å². The van der Waals surface area contributed by atoms with Gasteiger partial charge in [0, 0.05) is 13.0 Å². The zero-order valence-corrected chi connectivity index (χ0v) is 11.0. The molecular weight excluding hydrogens is 234 g/mol. The number of hydrogen-bond donors (Lipinski definition) is 2. The molecule has 1 unspecified atom stereocenters. The number of aliphatic hydroxyl groups is 1. The van der Waals surface area contributed by atoms with Gasteiger partial charge in [0.15, 0.2) is 0 Å². The lowest BCUT2D eigenvalue weighted by atomic mass is 9.93. The second-order valence-electron chi connectivity index (χ2n) is 5.39. The Balaban J connectivity index is 1.76. The van der Waals surface area contributed by atoms with Crippen LogP contribution in [0, 0.1) is 0 Å². The van der Waals surface area contributed by atoms with Gasteiger partial charge < -0.3 is 10.4 Å². The summed E-state index contributed by atoms with van der Waals surface area (Å²) < 4.78 is 0. The van der Waals surface area contributed by atoms with E-state index in [0.717, 1.165) is 19.4 Å². The molecule has 0 spiro atoms. The van der Waals surface area contributed by atoms with Crippen LogP contribution in [0.4, 0.5) is 0 Å². The van der Waals surface area contributed by atoms with Gasteiger partial charge >= 0.3 is 0 Å². The van der Waals surface area contributed by atoms with E-state index in [2.05, 4.69) is 53.8 Å². The van der Waals surface area contributed by atoms with Crippen LogP contribution in [0.5, 0.6) is 0 Å². The first-order chi connectivity index (χ1) is 9.25. The Morgan fingerprint density at radius 2 is 1.63 bits per heavy atom. The van der Waals surface area contributed by atoms with Crippen molar-refractivity contribution >= 4 is 0 Å². The summed E-state index contributed by atoms with van der Waals surface area (Å²) in [5, 5.41) is 13.6. The van der Waals surface area contributed by atoms with Crippen molar-refractivity contribution in [1.82, 2.24) is 5.32 Å². The molecule has 3 rings (SSSR count). The molecule has 0 radical (unpaired) electrons. The van der Waals surface area contributed by atoms with E-state index in [1.54, 1.807) is 0 Å². The zero-order valence-electron chi connectivity index (χ0n) is 11.0. The number of rotatable bonds is 3. The molecule has 1 saturated heterocycles. The number of benzene rings is 2. The van der Waals surface area contributed by atoms with Crippen molar-refractivity contribution in [3.05, 3.63) is 60.2 Å². The molecule has 1 aliphatic heterocycles. The molecule has 1 heterocycles. The van der Waals surface area contributed by atoms with Gasteiger partial charge in [-0.2, -0.15) is 0 Å². The Morgan fingerprint density at radius 3 is 2.26 bits per heavy atom. The summed E-state index contributed by atoms with van der Waals surface area (Å²) >= 11 is 0. The minimum Gasteiger partial charge on any atom is -0.388 e. The summed E-state index contributed by atoms with van der Waals surface area (Å²) in [4.78, 5) is 0. The standard InChI is InChI=1S/C17H19NO/c19-17(10-11-18-13-17)12-14-6-8-16(9-7-14)15-4-2-1-3-5-15/h1-9,18-19H,10-13H2. The van der Waals surface area contributed by atoms with Gasteiger partial charge in [-0.05, 0) is 29.7 Å². The second kappa shape index (κ2) is 5.16. The third-order valence-corrected chi connectivity index (χ3v) is 3.82. The van der Waals surface area contributed by atoms with Gasteiger partial charge in [-0.25, -0.2) is 0 Å². The van der Waals surface area contributed by atoms with E-state index in [1.165, 1.54) is 16.7 Å². The van der Waals surface area contributed by atoms with E-state index in [9.17, 15) is 5.11 Å². The molecule has 0 saturated carbocycles. The fraction of sp³-hybridized carbons (Fsp3) is 0.294. The quantitative estimate of drug-likeness (QED) is 0.881. The third kappa shape index (κ3) is 2.86. The molecule has 2 aromatic rings. The average molecular weight is 253 g/mol. The normalized spacial score (nSPS) is 22.6. The topological polar surface area (TPSA) is 32.3 Å². The monoisotopic (exact) mass is 253 g/mol. The molecule has 1 fully saturated rings. The lowest BCUT2D eigenvalue weighted by Gasteiger charge is -2.21. The molecule has 2 N–H and O–H groups in total. The van der Waals surface area contributed by atoms with E-state index in [-0.39, 0.29) is 0 Å². The molecule has 2 nitrogen and oxygen atoms in total. The Morgan fingerprint density at radius 1 is 0.947 bits per heavy atom. The lowest BCUT2D eigenvalue weighted by molar-refractivity contribution is 0.0619. The minimum absolute atomic E-state index is 0.561. The van der Waals surface area contributed by atoms with Crippen LogP contribution < -0.4 is 5.32 Å². The highest BCUT2D eigenvalue weighted by Gasteiger charge is 2.30. The fourth-order valence-corrected chi connectivity index (χ4v) is 2.71. The predicted octanol–water partition coefficient (Wildman–Crippen LogP) is 2.62. The van der Waals surface area contributed by atoms with Crippen LogP contribution in [-0.4, -0.2) is 23.8 Å². The van der Waals surface area contributed by atoms with Gasteiger partial charge in [0.1, 0.15) is 0 Å². The van der Waals surface area contributed by atoms with Crippen LogP contribution in [0.1, 0.15) is 12.0 Å². The molecule has 98 valence electrons. The summed E-state index contributed by atoms with van der Waals surface area (Å²) in [5.41, 5.74) is 3.09. The smallest absolute Gasteiger partial charge is 0.0823 e. The van der Waals surface area contributed by atoms with Crippen LogP contribution >= 0.6 is 0 Å². The highest BCUT2D eigenvalue weighted by atomic mass is 16.3. The van der Waals surface area contributed by atoms with Crippen LogP contribution in [0.2, 0.25) is 0 Å². The maximum Gasteiger partial charge on any atom is 0.0823 e. The Labute approximate surface area is 114 Å². The molecule has 2 aromatic carbocycles. The molecule has 0 aromatic heterocycles. The van der Waals surface area contributed by atoms with E-state index >= 15 is 0 Å². The van der Waals surface area contributed by atoms with E-state index in [0.29, 0.717) is 6.54 Å².